The van der Waals surface area contributed by atoms with Gasteiger partial charge in [0.1, 0.15) is 0 Å². The molecule has 0 heterocycles. The number of nitrogens with zero attached hydrogens (tertiary/aromatic N) is 1. The molecule has 74 valence electrons. The molecule has 0 rings (SSSR count). The Hall–Kier alpha value is 0.0700. The van der Waals surface area contributed by atoms with Gasteiger partial charge < -0.3 is 0 Å². The minimum atomic E-state index is -1.80. The first-order valence-electron chi connectivity index (χ1n) is 4.51. The summed E-state index contributed by atoms with van der Waals surface area (Å²) in [6.45, 7) is 6.65. The van der Waals surface area contributed by atoms with Crippen molar-refractivity contribution in [2.75, 3.05) is 6.54 Å². The second-order valence-electron chi connectivity index (χ2n) is 2.96. The molecule has 0 aliphatic rings. The fraction of sp³-hybridized carbons (Fsp3) is 1.00. The van der Waals surface area contributed by atoms with Crippen LogP contribution in [0.15, 0.2) is 0 Å². The van der Waals surface area contributed by atoms with E-state index >= 15 is 0 Å². The number of hydrogen-bond donors (Lipinski definition) is 1. The Morgan fingerprint density at radius 2 is 2.08 bits per heavy atom. The summed E-state index contributed by atoms with van der Waals surface area (Å²) in [6.07, 6.45) is 3.26. The summed E-state index contributed by atoms with van der Waals surface area (Å²) >= 11 is -1.80. The zero-order valence-electron chi connectivity index (χ0n) is 8.12. The van der Waals surface area contributed by atoms with E-state index in [1.54, 1.807) is 4.31 Å². The first kappa shape index (κ1) is 12.1. The molecule has 0 aliphatic heterocycles. The lowest BCUT2D eigenvalue weighted by Gasteiger charge is -2.22. The quantitative estimate of drug-likeness (QED) is 0.656. The van der Waals surface area contributed by atoms with E-state index in [-0.39, 0.29) is 6.04 Å². The van der Waals surface area contributed by atoms with Gasteiger partial charge in [-0.1, -0.05) is 26.7 Å². The lowest BCUT2D eigenvalue weighted by atomic mass is 10.1. The topological polar surface area (TPSA) is 40.5 Å². The van der Waals surface area contributed by atoms with Crippen LogP contribution < -0.4 is 0 Å². The standard InChI is InChI=1S/C8H19NO2S/c1-4-6-7-8(3)9(5-2)12(10)11/h8H,4-7H2,1-3H3,(H,10,11). The van der Waals surface area contributed by atoms with E-state index in [9.17, 15) is 4.21 Å². The highest BCUT2D eigenvalue weighted by Crippen LogP contribution is 2.09. The normalized spacial score (nSPS) is 16.4. The van der Waals surface area contributed by atoms with E-state index in [2.05, 4.69) is 6.92 Å². The molecule has 0 radical (unpaired) electrons. The van der Waals surface area contributed by atoms with Crippen LogP contribution in [0.25, 0.3) is 0 Å². The summed E-state index contributed by atoms with van der Waals surface area (Å²) < 4.78 is 21.2. The Bertz CT molecular complexity index is 141. The molecule has 3 nitrogen and oxygen atoms in total. The van der Waals surface area contributed by atoms with E-state index in [0.717, 1.165) is 19.3 Å². The van der Waals surface area contributed by atoms with Crippen molar-refractivity contribution in [1.29, 1.82) is 0 Å². The first-order valence-corrected chi connectivity index (χ1v) is 5.57. The van der Waals surface area contributed by atoms with Crippen molar-refractivity contribution < 1.29 is 8.76 Å². The van der Waals surface area contributed by atoms with Gasteiger partial charge in [0, 0.05) is 12.6 Å². The van der Waals surface area contributed by atoms with Crippen LogP contribution in [0.2, 0.25) is 0 Å². The predicted molar refractivity (Wildman–Crippen MR) is 52.1 cm³/mol. The van der Waals surface area contributed by atoms with Gasteiger partial charge in [0.05, 0.1) is 0 Å². The molecule has 0 aromatic rings. The van der Waals surface area contributed by atoms with Gasteiger partial charge in [0.2, 0.25) is 11.3 Å². The molecule has 12 heavy (non-hydrogen) atoms. The summed E-state index contributed by atoms with van der Waals surface area (Å²) in [7, 11) is 0. The van der Waals surface area contributed by atoms with Gasteiger partial charge in [-0.05, 0) is 13.3 Å². The van der Waals surface area contributed by atoms with Crippen molar-refractivity contribution in [1.82, 2.24) is 4.31 Å². The third kappa shape index (κ3) is 4.18. The minimum absolute atomic E-state index is 0.209. The third-order valence-corrected chi connectivity index (χ3v) is 3.00. The van der Waals surface area contributed by atoms with E-state index < -0.39 is 11.3 Å². The van der Waals surface area contributed by atoms with Crippen LogP contribution in [-0.4, -0.2) is 25.7 Å². The molecule has 2 unspecified atom stereocenters. The van der Waals surface area contributed by atoms with Crippen molar-refractivity contribution in [3.8, 4) is 0 Å². The molecule has 0 fully saturated rings. The van der Waals surface area contributed by atoms with Crippen LogP contribution in [0.3, 0.4) is 0 Å². The molecule has 4 heteroatoms. The molecule has 0 amide bonds. The lowest BCUT2D eigenvalue weighted by molar-refractivity contribution is 0.321. The maximum atomic E-state index is 10.8. The van der Waals surface area contributed by atoms with Crippen LogP contribution in [0.5, 0.6) is 0 Å². The molecule has 0 saturated heterocycles. The number of hydrogen-bond acceptors (Lipinski definition) is 1. The highest BCUT2D eigenvalue weighted by atomic mass is 32.2. The molecule has 0 bridgehead atoms. The van der Waals surface area contributed by atoms with Gasteiger partial charge in [-0.15, -0.1) is 0 Å². The Labute approximate surface area is 77.6 Å². The SMILES string of the molecule is CCCCC(C)N(CC)S(=O)O. The molecule has 0 saturated carbocycles. The van der Waals surface area contributed by atoms with Gasteiger partial charge in [0.15, 0.2) is 0 Å². The average molecular weight is 193 g/mol. The lowest BCUT2D eigenvalue weighted by Crippen LogP contribution is -2.34. The zero-order valence-corrected chi connectivity index (χ0v) is 8.93. The van der Waals surface area contributed by atoms with E-state index in [1.807, 2.05) is 13.8 Å². The maximum absolute atomic E-state index is 10.8. The Kier molecular flexibility index (Phi) is 6.61. The third-order valence-electron chi connectivity index (χ3n) is 1.98. The highest BCUT2D eigenvalue weighted by Gasteiger charge is 2.15. The minimum Gasteiger partial charge on any atom is -0.294 e. The Morgan fingerprint density at radius 3 is 2.42 bits per heavy atom. The molecule has 0 aromatic carbocycles. The van der Waals surface area contributed by atoms with Gasteiger partial charge in [0.25, 0.3) is 0 Å². The largest absolute Gasteiger partial charge is 0.294 e. The van der Waals surface area contributed by atoms with Crippen molar-refractivity contribution in [3.63, 3.8) is 0 Å². The van der Waals surface area contributed by atoms with Crippen LogP contribution in [0.4, 0.5) is 0 Å². The van der Waals surface area contributed by atoms with Gasteiger partial charge in [-0.25, -0.2) is 4.21 Å². The molecule has 0 spiro atoms. The zero-order chi connectivity index (χ0) is 9.56. The maximum Gasteiger partial charge on any atom is 0.234 e. The second-order valence-corrected chi connectivity index (χ2v) is 3.89. The summed E-state index contributed by atoms with van der Waals surface area (Å²) in [5, 5.41) is 0. The van der Waals surface area contributed by atoms with Crippen molar-refractivity contribution in [2.45, 2.75) is 46.1 Å². The number of unbranched alkanes of at least 4 members (excludes halogenated alkanes) is 1. The average Bonchev–Trinajstić information content (AvgIpc) is 2.01. The van der Waals surface area contributed by atoms with Crippen LogP contribution >= 0.6 is 0 Å². The smallest absolute Gasteiger partial charge is 0.234 e. The van der Waals surface area contributed by atoms with E-state index in [1.165, 1.54) is 0 Å². The summed E-state index contributed by atoms with van der Waals surface area (Å²) in [5.41, 5.74) is 0. The molecule has 1 N–H and O–H groups in total. The Morgan fingerprint density at radius 1 is 1.50 bits per heavy atom. The summed E-state index contributed by atoms with van der Waals surface area (Å²) in [6, 6.07) is 0.209. The summed E-state index contributed by atoms with van der Waals surface area (Å²) in [5.74, 6) is 0. The molecular formula is C8H19NO2S. The van der Waals surface area contributed by atoms with Crippen molar-refractivity contribution >= 4 is 11.3 Å². The van der Waals surface area contributed by atoms with Gasteiger partial charge in [-0.3, -0.25) is 4.55 Å². The van der Waals surface area contributed by atoms with Gasteiger partial charge in [-0.2, -0.15) is 4.31 Å². The molecule has 0 aliphatic carbocycles. The number of rotatable bonds is 6. The Balaban J connectivity index is 3.85. The van der Waals surface area contributed by atoms with Crippen molar-refractivity contribution in [2.24, 2.45) is 0 Å². The highest BCUT2D eigenvalue weighted by molar-refractivity contribution is 7.76. The van der Waals surface area contributed by atoms with E-state index in [4.69, 9.17) is 4.55 Å². The van der Waals surface area contributed by atoms with Gasteiger partial charge >= 0.3 is 0 Å². The molecular weight excluding hydrogens is 174 g/mol. The van der Waals surface area contributed by atoms with E-state index in [0.29, 0.717) is 6.54 Å². The second kappa shape index (κ2) is 6.57. The fourth-order valence-corrected chi connectivity index (χ4v) is 1.85. The summed E-state index contributed by atoms with van der Waals surface area (Å²) in [4.78, 5) is 0. The van der Waals surface area contributed by atoms with Crippen LogP contribution in [0.1, 0.15) is 40.0 Å². The molecule has 2 atom stereocenters. The van der Waals surface area contributed by atoms with Crippen LogP contribution in [0, 0.1) is 0 Å². The van der Waals surface area contributed by atoms with Crippen molar-refractivity contribution in [3.05, 3.63) is 0 Å². The van der Waals surface area contributed by atoms with Crippen LogP contribution in [-0.2, 0) is 11.3 Å². The molecule has 0 aromatic heterocycles. The monoisotopic (exact) mass is 193 g/mol. The predicted octanol–water partition coefficient (Wildman–Crippen LogP) is 2.02. The fourth-order valence-electron chi connectivity index (χ4n) is 1.22. The first-order chi connectivity index (χ1) is 5.63.